The number of aryl methyl sites for hydroxylation is 2. The number of carbonyl (C=O) groups excluding carboxylic acids is 1. The third-order valence-corrected chi connectivity index (χ3v) is 6.57. The number of nitrogens with one attached hydrogen (secondary N) is 1. The van der Waals surface area contributed by atoms with Crippen LogP contribution in [-0.2, 0) is 14.8 Å². The molecule has 2 aromatic carbocycles. The fraction of sp³-hybridized carbons (Fsp3) is 0.316. The van der Waals surface area contributed by atoms with Gasteiger partial charge in [-0.2, -0.15) is 4.31 Å². The van der Waals surface area contributed by atoms with Crippen molar-refractivity contribution in [2.75, 3.05) is 31.6 Å². The second-order valence-electron chi connectivity index (χ2n) is 6.53. The zero-order chi connectivity index (χ0) is 20.5. The number of sulfonamides is 1. The first-order chi connectivity index (χ1) is 13.2. The lowest BCUT2D eigenvalue weighted by Crippen LogP contribution is -2.41. The van der Waals surface area contributed by atoms with Gasteiger partial charge in [0.05, 0.1) is 18.1 Å². The Labute approximate surface area is 162 Å². The average Bonchev–Trinajstić information content (AvgIpc) is 2.65. The molecule has 1 aliphatic heterocycles. The third kappa shape index (κ3) is 4.06. The highest BCUT2D eigenvalue weighted by atomic mass is 32.2. The van der Waals surface area contributed by atoms with E-state index in [4.69, 9.17) is 4.74 Å². The Hall–Kier alpha value is -2.36. The molecule has 1 N–H and O–H groups in total. The Morgan fingerprint density at radius 2 is 1.71 bits per heavy atom. The number of anilines is 1. The van der Waals surface area contributed by atoms with Gasteiger partial charge < -0.3 is 10.1 Å². The van der Waals surface area contributed by atoms with Crippen LogP contribution in [0.25, 0.3) is 0 Å². The number of rotatable bonds is 4. The first-order valence-electron chi connectivity index (χ1n) is 8.65. The van der Waals surface area contributed by atoms with E-state index in [1.165, 1.54) is 16.4 Å². The smallest absolute Gasteiger partial charge is 0.255 e. The molecule has 2 aromatic rings. The van der Waals surface area contributed by atoms with E-state index in [1.807, 2.05) is 0 Å². The van der Waals surface area contributed by atoms with E-state index in [9.17, 15) is 22.0 Å². The molecule has 150 valence electrons. The summed E-state index contributed by atoms with van der Waals surface area (Å²) in [6, 6.07) is 5.94. The highest BCUT2D eigenvalue weighted by molar-refractivity contribution is 7.89. The van der Waals surface area contributed by atoms with Gasteiger partial charge in [-0.1, -0.05) is 6.07 Å². The molecule has 0 bridgehead atoms. The minimum atomic E-state index is -3.79. The molecule has 0 aliphatic carbocycles. The fourth-order valence-corrected chi connectivity index (χ4v) is 4.69. The van der Waals surface area contributed by atoms with E-state index < -0.39 is 27.6 Å². The minimum absolute atomic E-state index is 0.0374. The van der Waals surface area contributed by atoms with Crippen molar-refractivity contribution in [2.24, 2.45) is 0 Å². The summed E-state index contributed by atoms with van der Waals surface area (Å²) in [4.78, 5) is 12.7. The Morgan fingerprint density at radius 3 is 2.36 bits per heavy atom. The van der Waals surface area contributed by atoms with Crippen molar-refractivity contribution in [3.05, 3.63) is 58.7 Å². The lowest BCUT2D eigenvalue weighted by molar-refractivity contribution is 0.0730. The number of hydrogen-bond donors (Lipinski definition) is 1. The highest BCUT2D eigenvalue weighted by Gasteiger charge is 2.29. The van der Waals surface area contributed by atoms with Crippen LogP contribution in [0.3, 0.4) is 0 Å². The predicted octanol–water partition coefficient (Wildman–Crippen LogP) is 2.85. The summed E-state index contributed by atoms with van der Waals surface area (Å²) in [5, 5.41) is 2.47. The lowest BCUT2D eigenvalue weighted by atomic mass is 10.0. The van der Waals surface area contributed by atoms with E-state index in [-0.39, 0.29) is 29.2 Å². The van der Waals surface area contributed by atoms with E-state index >= 15 is 0 Å². The molecule has 28 heavy (non-hydrogen) atoms. The van der Waals surface area contributed by atoms with E-state index in [0.29, 0.717) is 24.3 Å². The van der Waals surface area contributed by atoms with Gasteiger partial charge in [-0.3, -0.25) is 4.79 Å². The molecule has 3 rings (SSSR count). The van der Waals surface area contributed by atoms with Crippen LogP contribution in [0.5, 0.6) is 0 Å². The van der Waals surface area contributed by atoms with Crippen LogP contribution in [0.2, 0.25) is 0 Å². The molecule has 1 fully saturated rings. The van der Waals surface area contributed by atoms with Gasteiger partial charge in [0, 0.05) is 30.4 Å². The number of ether oxygens (including phenoxy) is 1. The second kappa shape index (κ2) is 7.94. The molecule has 1 amide bonds. The molecule has 6 nitrogen and oxygen atoms in total. The summed E-state index contributed by atoms with van der Waals surface area (Å²) in [6.07, 6.45) is 0. The summed E-state index contributed by atoms with van der Waals surface area (Å²) >= 11 is 0. The summed E-state index contributed by atoms with van der Waals surface area (Å²) in [5.74, 6) is -2.72. The number of amides is 1. The maximum absolute atomic E-state index is 13.4. The first kappa shape index (κ1) is 20.4. The van der Waals surface area contributed by atoms with Gasteiger partial charge in [0.25, 0.3) is 5.91 Å². The van der Waals surface area contributed by atoms with Crippen LogP contribution in [-0.4, -0.2) is 44.9 Å². The quantitative estimate of drug-likeness (QED) is 0.841. The summed E-state index contributed by atoms with van der Waals surface area (Å²) in [7, 11) is -3.79. The molecular weight excluding hydrogens is 390 g/mol. The van der Waals surface area contributed by atoms with Crippen LogP contribution in [0.15, 0.2) is 35.2 Å². The van der Waals surface area contributed by atoms with Gasteiger partial charge in [0.15, 0.2) is 11.6 Å². The van der Waals surface area contributed by atoms with Gasteiger partial charge in [-0.25, -0.2) is 17.2 Å². The number of halogens is 2. The van der Waals surface area contributed by atoms with Gasteiger partial charge in [0.1, 0.15) is 0 Å². The van der Waals surface area contributed by atoms with Crippen LogP contribution in [0.4, 0.5) is 14.5 Å². The predicted molar refractivity (Wildman–Crippen MR) is 99.8 cm³/mol. The second-order valence-corrected chi connectivity index (χ2v) is 8.44. The summed E-state index contributed by atoms with van der Waals surface area (Å²) in [6.45, 7) is 4.45. The van der Waals surface area contributed by atoms with Crippen molar-refractivity contribution in [2.45, 2.75) is 18.7 Å². The van der Waals surface area contributed by atoms with Crippen molar-refractivity contribution >= 4 is 21.6 Å². The van der Waals surface area contributed by atoms with E-state index in [0.717, 1.165) is 12.1 Å². The van der Waals surface area contributed by atoms with E-state index in [1.54, 1.807) is 19.9 Å². The summed E-state index contributed by atoms with van der Waals surface area (Å²) in [5.41, 5.74) is 1.30. The van der Waals surface area contributed by atoms with E-state index in [2.05, 4.69) is 5.32 Å². The molecule has 0 spiro atoms. The van der Waals surface area contributed by atoms with Crippen molar-refractivity contribution in [1.29, 1.82) is 0 Å². The lowest BCUT2D eigenvalue weighted by Gasteiger charge is -2.27. The minimum Gasteiger partial charge on any atom is -0.379 e. The molecule has 0 aromatic heterocycles. The van der Waals surface area contributed by atoms with Crippen molar-refractivity contribution in [3.63, 3.8) is 0 Å². The molecule has 1 heterocycles. The number of morpholine rings is 1. The number of benzene rings is 2. The molecular formula is C19H20F2N2O4S. The largest absolute Gasteiger partial charge is 0.379 e. The van der Waals surface area contributed by atoms with Crippen LogP contribution in [0.1, 0.15) is 21.5 Å². The normalized spacial score (nSPS) is 15.4. The standard InChI is InChI=1S/C19H20F2N2O4S/c1-12-9-13(2)18(28(25,26)23-5-7-27-8-6-23)11-15(12)19(24)22-14-3-4-16(20)17(21)10-14/h3-4,9-11H,5-8H2,1-2H3,(H,22,24). The Morgan fingerprint density at radius 1 is 1.04 bits per heavy atom. The third-order valence-electron chi connectivity index (χ3n) is 4.53. The average molecular weight is 410 g/mol. The molecule has 0 unspecified atom stereocenters. The maximum Gasteiger partial charge on any atom is 0.255 e. The molecule has 0 saturated carbocycles. The maximum atomic E-state index is 13.4. The Bertz CT molecular complexity index is 1020. The number of nitrogens with zero attached hydrogens (tertiary/aromatic N) is 1. The van der Waals surface area contributed by atoms with Crippen molar-refractivity contribution in [1.82, 2.24) is 4.31 Å². The SMILES string of the molecule is Cc1cc(C)c(S(=O)(=O)N2CCOCC2)cc1C(=O)Nc1ccc(F)c(F)c1. The Balaban J connectivity index is 1.94. The zero-order valence-electron chi connectivity index (χ0n) is 15.5. The summed E-state index contributed by atoms with van der Waals surface area (Å²) < 4.78 is 58.9. The monoisotopic (exact) mass is 410 g/mol. The number of hydrogen-bond acceptors (Lipinski definition) is 4. The van der Waals surface area contributed by atoms with Gasteiger partial charge in [-0.15, -0.1) is 0 Å². The first-order valence-corrected chi connectivity index (χ1v) is 10.1. The molecule has 0 radical (unpaired) electrons. The molecule has 0 atom stereocenters. The zero-order valence-corrected chi connectivity index (χ0v) is 16.3. The Kier molecular flexibility index (Phi) is 5.78. The van der Waals surface area contributed by atoms with Gasteiger partial charge in [-0.05, 0) is 43.2 Å². The molecule has 1 aliphatic rings. The number of carbonyl (C=O) groups is 1. The van der Waals surface area contributed by atoms with Gasteiger partial charge >= 0.3 is 0 Å². The van der Waals surface area contributed by atoms with Crippen LogP contribution >= 0.6 is 0 Å². The van der Waals surface area contributed by atoms with Crippen LogP contribution < -0.4 is 5.32 Å². The van der Waals surface area contributed by atoms with Crippen molar-refractivity contribution in [3.8, 4) is 0 Å². The van der Waals surface area contributed by atoms with Crippen molar-refractivity contribution < 1.29 is 26.7 Å². The fourth-order valence-electron chi connectivity index (χ4n) is 3.05. The molecule has 1 saturated heterocycles. The van der Waals surface area contributed by atoms with Gasteiger partial charge in [0.2, 0.25) is 10.0 Å². The van der Waals surface area contributed by atoms with Crippen LogP contribution in [0, 0.1) is 25.5 Å². The topological polar surface area (TPSA) is 75.7 Å². The highest BCUT2D eigenvalue weighted by Crippen LogP contribution is 2.25. The molecule has 9 heteroatoms.